The van der Waals surface area contributed by atoms with Crippen molar-refractivity contribution in [2.24, 2.45) is 0 Å². The molecule has 0 aliphatic heterocycles. The van der Waals surface area contributed by atoms with Gasteiger partial charge < -0.3 is 0 Å². The Balaban J connectivity index is 2.11. The number of thiophene rings is 1. The summed E-state index contributed by atoms with van der Waals surface area (Å²) >= 11 is 12.2. The zero-order chi connectivity index (χ0) is 13.1. The Hall–Kier alpha value is -0.290. The largest absolute Gasteiger partial charge is 0.292 e. The maximum absolute atomic E-state index is 12.2. The molecule has 0 spiro atoms. The van der Waals surface area contributed by atoms with E-state index in [1.807, 2.05) is 31.2 Å². The summed E-state index contributed by atoms with van der Waals surface area (Å²) in [5, 5.41) is -0.126. The predicted octanol–water partition coefficient (Wildman–Crippen LogP) is 5.53. The van der Waals surface area contributed by atoms with Crippen molar-refractivity contribution < 1.29 is 4.79 Å². The molecule has 2 rings (SSSR count). The lowest BCUT2D eigenvalue weighted by Gasteiger charge is -2.10. The second-order valence-electron chi connectivity index (χ2n) is 3.66. The molecule has 1 unspecified atom stereocenters. The van der Waals surface area contributed by atoms with Crippen LogP contribution in [0.1, 0.15) is 16.6 Å². The molecule has 0 N–H and O–H groups in total. The van der Waals surface area contributed by atoms with Crippen LogP contribution in [0, 0.1) is 0 Å². The fraction of sp³-hybridized carbons (Fsp3) is 0.154. The standard InChI is InChI=1S/C13H10BrClOS2/c1-8(13(16)11-6-7-12(15)18-11)17-10-5-3-2-4-9(10)14/h2-8H,1H3. The second-order valence-corrected chi connectivity index (χ2v) is 7.61. The second kappa shape index (κ2) is 6.24. The van der Waals surface area contributed by atoms with Gasteiger partial charge >= 0.3 is 0 Å². The Labute approximate surface area is 128 Å². The van der Waals surface area contributed by atoms with E-state index in [-0.39, 0.29) is 11.0 Å². The Morgan fingerprint density at radius 1 is 1.33 bits per heavy atom. The summed E-state index contributed by atoms with van der Waals surface area (Å²) in [5.41, 5.74) is 0. The molecule has 0 aliphatic carbocycles. The van der Waals surface area contributed by atoms with Gasteiger partial charge in [0.2, 0.25) is 0 Å². The summed E-state index contributed by atoms with van der Waals surface area (Å²) in [6, 6.07) is 11.4. The van der Waals surface area contributed by atoms with Gasteiger partial charge in [0, 0.05) is 9.37 Å². The van der Waals surface area contributed by atoms with Gasteiger partial charge in [-0.15, -0.1) is 23.1 Å². The number of rotatable bonds is 4. The molecule has 0 saturated heterocycles. The average Bonchev–Trinajstić information content (AvgIpc) is 2.78. The van der Waals surface area contributed by atoms with Crippen LogP contribution in [0.15, 0.2) is 45.8 Å². The lowest BCUT2D eigenvalue weighted by molar-refractivity contribution is 0.0998. The van der Waals surface area contributed by atoms with Gasteiger partial charge in [-0.2, -0.15) is 0 Å². The van der Waals surface area contributed by atoms with E-state index in [1.54, 1.807) is 23.9 Å². The van der Waals surface area contributed by atoms with E-state index in [2.05, 4.69) is 15.9 Å². The number of halogens is 2. The van der Waals surface area contributed by atoms with E-state index in [0.717, 1.165) is 9.37 Å². The SMILES string of the molecule is CC(Sc1ccccc1Br)C(=O)c1ccc(Cl)s1. The Morgan fingerprint density at radius 3 is 2.67 bits per heavy atom. The van der Waals surface area contributed by atoms with Crippen molar-refractivity contribution in [1.29, 1.82) is 0 Å². The minimum Gasteiger partial charge on any atom is -0.292 e. The molecule has 1 aromatic heterocycles. The quantitative estimate of drug-likeness (QED) is 0.526. The lowest BCUT2D eigenvalue weighted by atomic mass is 10.2. The van der Waals surface area contributed by atoms with Crippen LogP contribution in [0.25, 0.3) is 0 Å². The molecule has 1 heterocycles. The average molecular weight is 362 g/mol. The molecule has 0 bridgehead atoms. The molecular formula is C13H10BrClOS2. The molecule has 0 fully saturated rings. The van der Waals surface area contributed by atoms with Gasteiger partial charge in [-0.05, 0) is 47.1 Å². The van der Waals surface area contributed by atoms with Gasteiger partial charge in [0.25, 0.3) is 0 Å². The fourth-order valence-electron chi connectivity index (χ4n) is 1.43. The van der Waals surface area contributed by atoms with Crippen LogP contribution in [0.5, 0.6) is 0 Å². The maximum Gasteiger partial charge on any atom is 0.185 e. The van der Waals surface area contributed by atoms with Crippen LogP contribution < -0.4 is 0 Å². The van der Waals surface area contributed by atoms with E-state index in [4.69, 9.17) is 11.6 Å². The molecule has 0 saturated carbocycles. The van der Waals surface area contributed by atoms with E-state index in [1.165, 1.54) is 11.3 Å². The fourth-order valence-corrected chi connectivity index (χ4v) is 4.10. The summed E-state index contributed by atoms with van der Waals surface area (Å²) in [6.45, 7) is 1.92. The zero-order valence-corrected chi connectivity index (χ0v) is 13.5. The van der Waals surface area contributed by atoms with Crippen molar-refractivity contribution in [2.75, 3.05) is 0 Å². The normalized spacial score (nSPS) is 12.4. The summed E-state index contributed by atoms with van der Waals surface area (Å²) in [4.78, 5) is 14.0. The molecule has 1 nitrogen and oxygen atoms in total. The van der Waals surface area contributed by atoms with Gasteiger partial charge in [-0.1, -0.05) is 23.7 Å². The van der Waals surface area contributed by atoms with Crippen molar-refractivity contribution in [1.82, 2.24) is 0 Å². The van der Waals surface area contributed by atoms with E-state index in [9.17, 15) is 4.79 Å². The number of Topliss-reactive ketones (excluding diaryl/α,β-unsaturated/α-hetero) is 1. The van der Waals surface area contributed by atoms with Gasteiger partial charge in [0.15, 0.2) is 5.78 Å². The summed E-state index contributed by atoms with van der Waals surface area (Å²) in [5.74, 6) is 0.118. The minimum atomic E-state index is -0.126. The lowest BCUT2D eigenvalue weighted by Crippen LogP contribution is -2.11. The van der Waals surface area contributed by atoms with Crippen LogP contribution in [0.3, 0.4) is 0 Å². The first-order valence-electron chi connectivity index (χ1n) is 5.28. The predicted molar refractivity (Wildman–Crippen MR) is 83.1 cm³/mol. The highest BCUT2D eigenvalue weighted by molar-refractivity contribution is 9.10. The molecule has 5 heteroatoms. The number of ketones is 1. The summed E-state index contributed by atoms with van der Waals surface area (Å²) in [6.07, 6.45) is 0. The van der Waals surface area contributed by atoms with Crippen molar-refractivity contribution in [3.8, 4) is 0 Å². The summed E-state index contributed by atoms with van der Waals surface area (Å²) in [7, 11) is 0. The number of carbonyl (C=O) groups excluding carboxylic acids is 1. The first-order valence-corrected chi connectivity index (χ1v) is 8.15. The third-order valence-corrected chi connectivity index (χ3v) is 5.70. The molecule has 0 aliphatic rings. The van der Waals surface area contributed by atoms with Gasteiger partial charge in [-0.3, -0.25) is 4.79 Å². The monoisotopic (exact) mass is 360 g/mol. The van der Waals surface area contributed by atoms with Crippen molar-refractivity contribution in [2.45, 2.75) is 17.1 Å². The third-order valence-electron chi connectivity index (χ3n) is 2.33. The smallest absolute Gasteiger partial charge is 0.185 e. The van der Waals surface area contributed by atoms with Crippen LogP contribution >= 0.6 is 50.6 Å². The van der Waals surface area contributed by atoms with E-state index < -0.39 is 0 Å². The molecule has 94 valence electrons. The number of thioether (sulfide) groups is 1. The zero-order valence-electron chi connectivity index (χ0n) is 9.52. The van der Waals surface area contributed by atoms with E-state index in [0.29, 0.717) is 9.21 Å². The van der Waals surface area contributed by atoms with Crippen LogP contribution in [0.4, 0.5) is 0 Å². The molecule has 18 heavy (non-hydrogen) atoms. The molecular weight excluding hydrogens is 352 g/mol. The number of hydrogen-bond donors (Lipinski definition) is 0. The van der Waals surface area contributed by atoms with Gasteiger partial charge in [-0.25, -0.2) is 0 Å². The Morgan fingerprint density at radius 2 is 2.06 bits per heavy atom. The van der Waals surface area contributed by atoms with Gasteiger partial charge in [0.1, 0.15) is 0 Å². The highest BCUT2D eigenvalue weighted by Gasteiger charge is 2.18. The van der Waals surface area contributed by atoms with Crippen LogP contribution in [-0.4, -0.2) is 11.0 Å². The topological polar surface area (TPSA) is 17.1 Å². The van der Waals surface area contributed by atoms with Crippen molar-refractivity contribution in [3.05, 3.63) is 50.1 Å². The molecule has 1 aromatic carbocycles. The van der Waals surface area contributed by atoms with Crippen LogP contribution in [-0.2, 0) is 0 Å². The van der Waals surface area contributed by atoms with Crippen molar-refractivity contribution >= 4 is 56.4 Å². The van der Waals surface area contributed by atoms with E-state index >= 15 is 0 Å². The summed E-state index contributed by atoms with van der Waals surface area (Å²) < 4.78 is 1.66. The molecule has 0 amide bonds. The Bertz CT molecular complexity index is 568. The van der Waals surface area contributed by atoms with Crippen molar-refractivity contribution in [3.63, 3.8) is 0 Å². The molecule has 2 aromatic rings. The van der Waals surface area contributed by atoms with Gasteiger partial charge in [0.05, 0.1) is 14.5 Å². The Kier molecular flexibility index (Phi) is 4.90. The first-order chi connectivity index (χ1) is 8.58. The number of carbonyl (C=O) groups is 1. The highest BCUT2D eigenvalue weighted by atomic mass is 79.9. The minimum absolute atomic E-state index is 0.118. The molecule has 1 atom stereocenters. The number of benzene rings is 1. The third kappa shape index (κ3) is 3.38. The maximum atomic E-state index is 12.2. The number of hydrogen-bond acceptors (Lipinski definition) is 3. The first kappa shape index (κ1) is 14.1. The highest BCUT2D eigenvalue weighted by Crippen LogP contribution is 2.33. The molecule has 0 radical (unpaired) electrons. The van der Waals surface area contributed by atoms with Crippen LogP contribution in [0.2, 0.25) is 4.34 Å².